The van der Waals surface area contributed by atoms with Crippen LogP contribution >= 0.6 is 0 Å². The summed E-state index contributed by atoms with van der Waals surface area (Å²) in [5.41, 5.74) is 2.50. The molecule has 1 aliphatic rings. The van der Waals surface area contributed by atoms with Gasteiger partial charge in [0.25, 0.3) is 5.91 Å². The first-order valence-corrected chi connectivity index (χ1v) is 7.08. The lowest BCUT2D eigenvalue weighted by atomic mass is 9.76. The number of H-pyrrole nitrogens is 1. The van der Waals surface area contributed by atoms with E-state index in [-0.39, 0.29) is 5.91 Å². The number of carboxylic acids is 1. The van der Waals surface area contributed by atoms with Crippen molar-refractivity contribution >= 4 is 22.8 Å². The van der Waals surface area contributed by atoms with Crippen LogP contribution in [0.4, 0.5) is 0 Å². The van der Waals surface area contributed by atoms with Gasteiger partial charge in [0.05, 0.1) is 0 Å². The molecule has 5 nitrogen and oxygen atoms in total. The van der Waals surface area contributed by atoms with Crippen LogP contribution in [0.15, 0.2) is 18.2 Å². The molecule has 0 unspecified atom stereocenters. The van der Waals surface area contributed by atoms with Crippen molar-refractivity contribution in [1.29, 1.82) is 0 Å². The maximum absolute atomic E-state index is 12.3. The van der Waals surface area contributed by atoms with Gasteiger partial charge in [-0.1, -0.05) is 6.07 Å². The molecule has 3 N–H and O–H groups in total. The molecule has 1 fully saturated rings. The average molecular weight is 286 g/mol. The van der Waals surface area contributed by atoms with Crippen LogP contribution in [0.1, 0.15) is 40.9 Å². The molecule has 5 heteroatoms. The number of carbonyl (C=O) groups is 2. The summed E-state index contributed by atoms with van der Waals surface area (Å²) in [6, 6.07) is 5.73. The van der Waals surface area contributed by atoms with E-state index >= 15 is 0 Å². The van der Waals surface area contributed by atoms with Crippen LogP contribution in [0, 0.1) is 13.8 Å². The highest BCUT2D eigenvalue weighted by molar-refractivity contribution is 6.01. The molecule has 3 rings (SSSR count). The lowest BCUT2D eigenvalue weighted by Crippen LogP contribution is -2.59. The Morgan fingerprint density at radius 2 is 2.00 bits per heavy atom. The largest absolute Gasteiger partial charge is 0.480 e. The number of rotatable bonds is 3. The number of aromatic nitrogens is 1. The highest BCUT2D eigenvalue weighted by Crippen LogP contribution is 2.32. The fourth-order valence-corrected chi connectivity index (χ4v) is 2.79. The predicted molar refractivity (Wildman–Crippen MR) is 79.5 cm³/mol. The highest BCUT2D eigenvalue weighted by Gasteiger charge is 2.45. The summed E-state index contributed by atoms with van der Waals surface area (Å²) in [5.74, 6) is -1.31. The number of fused-ring (bicyclic) bond motifs is 1. The zero-order chi connectivity index (χ0) is 15.2. The monoisotopic (exact) mass is 286 g/mol. The minimum absolute atomic E-state index is 0.356. The van der Waals surface area contributed by atoms with E-state index in [0.29, 0.717) is 18.5 Å². The Morgan fingerprint density at radius 1 is 1.29 bits per heavy atom. The van der Waals surface area contributed by atoms with Gasteiger partial charge in [-0.25, -0.2) is 4.79 Å². The van der Waals surface area contributed by atoms with Crippen LogP contribution in [0.3, 0.4) is 0 Å². The third kappa shape index (κ3) is 2.09. The second kappa shape index (κ2) is 4.62. The van der Waals surface area contributed by atoms with E-state index in [1.165, 1.54) is 0 Å². The zero-order valence-corrected chi connectivity index (χ0v) is 12.1. The Balaban J connectivity index is 1.92. The maximum atomic E-state index is 12.3. The van der Waals surface area contributed by atoms with Gasteiger partial charge in [0.1, 0.15) is 11.2 Å². The highest BCUT2D eigenvalue weighted by atomic mass is 16.4. The molecular formula is C16H18N2O3. The normalized spacial score (nSPS) is 16.5. The molecule has 1 amide bonds. The van der Waals surface area contributed by atoms with E-state index < -0.39 is 11.5 Å². The van der Waals surface area contributed by atoms with Gasteiger partial charge in [0.15, 0.2) is 0 Å². The molecule has 110 valence electrons. The number of aromatic amines is 1. The third-order valence-corrected chi connectivity index (χ3v) is 4.56. The molecule has 0 bridgehead atoms. The number of amides is 1. The molecule has 0 saturated heterocycles. The Kier molecular flexibility index (Phi) is 3.01. The molecule has 1 heterocycles. The van der Waals surface area contributed by atoms with Crippen molar-refractivity contribution in [3.8, 4) is 0 Å². The Morgan fingerprint density at radius 3 is 2.57 bits per heavy atom. The smallest absolute Gasteiger partial charge is 0.329 e. The number of aliphatic carboxylic acids is 1. The average Bonchev–Trinajstić information content (AvgIpc) is 2.82. The van der Waals surface area contributed by atoms with Crippen molar-refractivity contribution in [3.63, 3.8) is 0 Å². The van der Waals surface area contributed by atoms with Crippen molar-refractivity contribution < 1.29 is 14.7 Å². The number of carboxylic acid groups (broad SMARTS) is 1. The summed E-state index contributed by atoms with van der Waals surface area (Å²) in [5, 5.41) is 12.9. The minimum Gasteiger partial charge on any atom is -0.480 e. The van der Waals surface area contributed by atoms with E-state index in [1.54, 1.807) is 6.07 Å². The topological polar surface area (TPSA) is 82.2 Å². The quantitative estimate of drug-likeness (QED) is 0.810. The fraction of sp³-hybridized carbons (Fsp3) is 0.375. The molecule has 0 atom stereocenters. The van der Waals surface area contributed by atoms with Gasteiger partial charge in [-0.15, -0.1) is 0 Å². The Hall–Kier alpha value is -2.30. The van der Waals surface area contributed by atoms with E-state index in [2.05, 4.69) is 10.3 Å². The van der Waals surface area contributed by atoms with Crippen LogP contribution in [-0.2, 0) is 4.79 Å². The maximum Gasteiger partial charge on any atom is 0.329 e. The summed E-state index contributed by atoms with van der Waals surface area (Å²) >= 11 is 0. The van der Waals surface area contributed by atoms with E-state index in [1.807, 2.05) is 26.0 Å². The minimum atomic E-state index is -1.08. The molecule has 0 spiro atoms. The first kappa shape index (κ1) is 13.7. The van der Waals surface area contributed by atoms with E-state index in [0.717, 1.165) is 28.5 Å². The lowest BCUT2D eigenvalue weighted by Gasteiger charge is -2.38. The summed E-state index contributed by atoms with van der Waals surface area (Å²) in [7, 11) is 0. The van der Waals surface area contributed by atoms with Crippen molar-refractivity contribution in [2.24, 2.45) is 0 Å². The number of aryl methyl sites for hydroxylation is 2. The second-order valence-corrected chi connectivity index (χ2v) is 5.85. The zero-order valence-electron chi connectivity index (χ0n) is 12.1. The van der Waals surface area contributed by atoms with Gasteiger partial charge in [0.2, 0.25) is 0 Å². The summed E-state index contributed by atoms with van der Waals surface area (Å²) < 4.78 is 0. The number of carbonyl (C=O) groups excluding carboxylic acids is 1. The first-order valence-electron chi connectivity index (χ1n) is 7.08. The number of nitrogens with one attached hydrogen (secondary N) is 2. The van der Waals surface area contributed by atoms with Gasteiger partial charge >= 0.3 is 5.97 Å². The predicted octanol–water partition coefficient (Wildman–Crippen LogP) is 2.52. The van der Waals surface area contributed by atoms with Crippen LogP contribution in [0.25, 0.3) is 10.9 Å². The molecule has 2 aromatic rings. The number of hydrogen-bond acceptors (Lipinski definition) is 2. The van der Waals surface area contributed by atoms with Crippen LogP contribution in [0.2, 0.25) is 0 Å². The summed E-state index contributed by atoms with van der Waals surface area (Å²) in [6.07, 6.45) is 1.82. The van der Waals surface area contributed by atoms with Gasteiger partial charge in [-0.3, -0.25) is 4.79 Å². The van der Waals surface area contributed by atoms with E-state index in [9.17, 15) is 14.7 Å². The van der Waals surface area contributed by atoms with Crippen LogP contribution < -0.4 is 5.32 Å². The molecule has 0 aliphatic heterocycles. The molecule has 1 saturated carbocycles. The van der Waals surface area contributed by atoms with E-state index in [4.69, 9.17) is 0 Å². The standard InChI is InChI=1S/C16H18N2O3/c1-9-4-5-12-11(10(9)2)8-13(17-12)14(19)18-16(15(20)21)6-3-7-16/h4-5,8,17H,3,6-7H2,1-2H3,(H,18,19)(H,20,21). The number of benzene rings is 1. The lowest BCUT2D eigenvalue weighted by molar-refractivity contribution is -0.148. The third-order valence-electron chi connectivity index (χ3n) is 4.56. The van der Waals surface area contributed by atoms with Crippen molar-refractivity contribution in [1.82, 2.24) is 10.3 Å². The first-order chi connectivity index (χ1) is 9.93. The van der Waals surface area contributed by atoms with Crippen LogP contribution in [0.5, 0.6) is 0 Å². The SMILES string of the molecule is Cc1ccc2[nH]c(C(=O)NC3(C(=O)O)CCC3)cc2c1C. The molecule has 21 heavy (non-hydrogen) atoms. The Bertz CT molecular complexity index is 741. The molecule has 1 aromatic carbocycles. The van der Waals surface area contributed by atoms with Crippen molar-refractivity contribution in [3.05, 3.63) is 35.0 Å². The van der Waals surface area contributed by atoms with Gasteiger partial charge in [-0.05, 0) is 56.4 Å². The van der Waals surface area contributed by atoms with Gasteiger partial charge in [0, 0.05) is 10.9 Å². The second-order valence-electron chi connectivity index (χ2n) is 5.85. The molecule has 1 aromatic heterocycles. The van der Waals surface area contributed by atoms with Gasteiger partial charge < -0.3 is 15.4 Å². The summed E-state index contributed by atoms with van der Waals surface area (Å²) in [6.45, 7) is 4.03. The van der Waals surface area contributed by atoms with Crippen LogP contribution in [-0.4, -0.2) is 27.5 Å². The molecule has 1 aliphatic carbocycles. The summed E-state index contributed by atoms with van der Waals surface area (Å²) in [4.78, 5) is 26.7. The Labute approximate surface area is 122 Å². The van der Waals surface area contributed by atoms with Crippen molar-refractivity contribution in [2.75, 3.05) is 0 Å². The molecular weight excluding hydrogens is 268 g/mol. The fourth-order valence-electron chi connectivity index (χ4n) is 2.79. The molecule has 0 radical (unpaired) electrons. The number of hydrogen-bond donors (Lipinski definition) is 3. The van der Waals surface area contributed by atoms with Crippen molar-refractivity contribution in [2.45, 2.75) is 38.6 Å². The van der Waals surface area contributed by atoms with Gasteiger partial charge in [-0.2, -0.15) is 0 Å².